The SMILES string of the molecule is CC(C)(C)S(=O)N1CCCCC1c1nc(CCCc2ccccc2)no1. The highest BCUT2D eigenvalue weighted by Crippen LogP contribution is 2.34. The van der Waals surface area contributed by atoms with E-state index in [4.69, 9.17) is 4.52 Å². The number of piperidine rings is 1. The Hall–Kier alpha value is -1.53. The Bertz CT molecular complexity index is 724. The molecule has 0 saturated carbocycles. The summed E-state index contributed by atoms with van der Waals surface area (Å²) in [6.07, 6.45) is 5.89. The second-order valence-electron chi connectivity index (χ2n) is 7.90. The minimum Gasteiger partial charge on any atom is -0.338 e. The molecule has 0 bridgehead atoms. The summed E-state index contributed by atoms with van der Waals surface area (Å²) in [6, 6.07) is 10.4. The van der Waals surface area contributed by atoms with Crippen molar-refractivity contribution in [1.82, 2.24) is 14.4 Å². The summed E-state index contributed by atoms with van der Waals surface area (Å²) in [5.74, 6) is 1.38. The van der Waals surface area contributed by atoms with Crippen molar-refractivity contribution < 1.29 is 8.73 Å². The topological polar surface area (TPSA) is 59.2 Å². The van der Waals surface area contributed by atoms with Crippen LogP contribution < -0.4 is 0 Å². The van der Waals surface area contributed by atoms with Gasteiger partial charge in [0, 0.05) is 13.0 Å². The molecular formula is C20H29N3O2S. The maximum atomic E-state index is 12.9. The summed E-state index contributed by atoms with van der Waals surface area (Å²) in [6.45, 7) is 6.85. The van der Waals surface area contributed by atoms with Crippen molar-refractivity contribution in [2.24, 2.45) is 0 Å². The fourth-order valence-electron chi connectivity index (χ4n) is 3.30. The van der Waals surface area contributed by atoms with Crippen molar-refractivity contribution in [2.75, 3.05) is 6.54 Å². The Morgan fingerprint density at radius 3 is 2.69 bits per heavy atom. The maximum Gasteiger partial charge on any atom is 0.245 e. The molecule has 1 aliphatic rings. The number of nitrogens with zero attached hydrogens (tertiary/aromatic N) is 3. The van der Waals surface area contributed by atoms with Crippen molar-refractivity contribution >= 4 is 11.0 Å². The Balaban J connectivity index is 1.62. The van der Waals surface area contributed by atoms with Crippen LogP contribution in [0.5, 0.6) is 0 Å². The monoisotopic (exact) mass is 375 g/mol. The lowest BCUT2D eigenvalue weighted by Gasteiger charge is -2.36. The lowest BCUT2D eigenvalue weighted by Crippen LogP contribution is -2.42. The Kier molecular flexibility index (Phi) is 6.24. The van der Waals surface area contributed by atoms with Crippen molar-refractivity contribution in [3.63, 3.8) is 0 Å². The molecule has 3 rings (SSSR count). The normalized spacial score (nSPS) is 20.2. The third-order valence-electron chi connectivity index (χ3n) is 4.67. The standard InChI is InChI=1S/C20H29N3O2S/c1-20(2,3)26(24)23-15-8-7-13-17(23)19-21-18(22-25-19)14-9-12-16-10-5-4-6-11-16/h4-6,10-11,17H,7-9,12-15H2,1-3H3. The van der Waals surface area contributed by atoms with Crippen molar-refractivity contribution in [3.05, 3.63) is 47.6 Å². The third-order valence-corrected chi connectivity index (χ3v) is 6.58. The molecule has 26 heavy (non-hydrogen) atoms. The van der Waals surface area contributed by atoms with E-state index in [1.165, 1.54) is 5.56 Å². The Labute approximate surface area is 158 Å². The summed E-state index contributed by atoms with van der Waals surface area (Å²) in [5, 5.41) is 4.17. The molecule has 0 radical (unpaired) electrons. The Morgan fingerprint density at radius 2 is 1.96 bits per heavy atom. The highest BCUT2D eigenvalue weighted by Gasteiger charge is 2.36. The van der Waals surface area contributed by atoms with Crippen LogP contribution in [0.4, 0.5) is 0 Å². The number of benzene rings is 1. The van der Waals surface area contributed by atoms with E-state index in [2.05, 4.69) is 34.4 Å². The van der Waals surface area contributed by atoms with Gasteiger partial charge in [-0.05, 0) is 52.0 Å². The predicted octanol–water partition coefficient (Wildman–Crippen LogP) is 4.23. The molecule has 2 aromatic rings. The lowest BCUT2D eigenvalue weighted by molar-refractivity contribution is 0.209. The molecule has 6 heteroatoms. The van der Waals surface area contributed by atoms with E-state index in [1.54, 1.807) is 0 Å². The van der Waals surface area contributed by atoms with Gasteiger partial charge < -0.3 is 4.52 Å². The summed E-state index contributed by atoms with van der Waals surface area (Å²) >= 11 is 0. The maximum absolute atomic E-state index is 12.9. The molecule has 0 aliphatic carbocycles. The van der Waals surface area contributed by atoms with Gasteiger partial charge in [0.05, 0.1) is 4.75 Å². The second-order valence-corrected chi connectivity index (χ2v) is 10.1. The van der Waals surface area contributed by atoms with Crippen LogP contribution in [0.25, 0.3) is 0 Å². The van der Waals surface area contributed by atoms with E-state index in [1.807, 2.05) is 31.1 Å². The van der Waals surface area contributed by atoms with Gasteiger partial charge in [0.2, 0.25) is 5.89 Å². The van der Waals surface area contributed by atoms with Crippen LogP contribution in [0.15, 0.2) is 34.9 Å². The molecule has 0 N–H and O–H groups in total. The number of hydrogen-bond donors (Lipinski definition) is 0. The van der Waals surface area contributed by atoms with Crippen LogP contribution in [0.2, 0.25) is 0 Å². The predicted molar refractivity (Wildman–Crippen MR) is 104 cm³/mol. The summed E-state index contributed by atoms with van der Waals surface area (Å²) in [5.41, 5.74) is 1.33. The van der Waals surface area contributed by atoms with E-state index < -0.39 is 11.0 Å². The zero-order valence-corrected chi connectivity index (χ0v) is 16.8. The molecule has 2 atom stereocenters. The first-order valence-electron chi connectivity index (χ1n) is 9.50. The minimum absolute atomic E-state index is 0.0285. The first-order valence-corrected chi connectivity index (χ1v) is 10.6. The lowest BCUT2D eigenvalue weighted by atomic mass is 10.1. The molecule has 5 nitrogen and oxygen atoms in total. The number of aromatic nitrogens is 2. The molecule has 0 amide bonds. The van der Waals surface area contributed by atoms with E-state index >= 15 is 0 Å². The smallest absolute Gasteiger partial charge is 0.245 e. The minimum atomic E-state index is -1.07. The van der Waals surface area contributed by atoms with Gasteiger partial charge >= 0.3 is 0 Å². The van der Waals surface area contributed by atoms with Gasteiger partial charge in [-0.25, -0.2) is 8.51 Å². The molecule has 1 aromatic carbocycles. The first-order chi connectivity index (χ1) is 12.4. The van der Waals surface area contributed by atoms with Gasteiger partial charge in [-0.1, -0.05) is 41.9 Å². The third kappa shape index (κ3) is 4.80. The largest absolute Gasteiger partial charge is 0.338 e. The average molecular weight is 376 g/mol. The van der Waals surface area contributed by atoms with Crippen LogP contribution >= 0.6 is 0 Å². The summed E-state index contributed by atoms with van der Waals surface area (Å²) in [7, 11) is -1.07. The fraction of sp³-hybridized carbons (Fsp3) is 0.600. The fourth-order valence-corrected chi connectivity index (χ4v) is 4.73. The number of hydrogen-bond acceptors (Lipinski definition) is 4. The van der Waals surface area contributed by atoms with Crippen molar-refractivity contribution in [2.45, 2.75) is 70.1 Å². The summed E-state index contributed by atoms with van der Waals surface area (Å²) < 4.78 is 20.2. The van der Waals surface area contributed by atoms with Crippen LogP contribution in [-0.4, -0.2) is 29.9 Å². The van der Waals surface area contributed by atoms with E-state index in [0.29, 0.717) is 5.89 Å². The van der Waals surface area contributed by atoms with Gasteiger partial charge in [-0.15, -0.1) is 0 Å². The summed E-state index contributed by atoms with van der Waals surface area (Å²) in [4.78, 5) is 4.63. The first kappa shape index (κ1) is 19.2. The number of rotatable bonds is 6. The van der Waals surface area contributed by atoms with Crippen LogP contribution in [0.3, 0.4) is 0 Å². The van der Waals surface area contributed by atoms with Gasteiger partial charge in [0.1, 0.15) is 17.0 Å². The van der Waals surface area contributed by atoms with E-state index in [9.17, 15) is 4.21 Å². The quantitative estimate of drug-likeness (QED) is 0.758. The molecule has 2 heterocycles. The molecule has 1 fully saturated rings. The molecule has 0 spiro atoms. The molecular weight excluding hydrogens is 346 g/mol. The highest BCUT2D eigenvalue weighted by molar-refractivity contribution is 7.84. The van der Waals surface area contributed by atoms with Gasteiger partial charge in [0.25, 0.3) is 0 Å². The van der Waals surface area contributed by atoms with Gasteiger partial charge in [-0.3, -0.25) is 0 Å². The molecule has 142 valence electrons. The molecule has 2 unspecified atom stereocenters. The van der Waals surface area contributed by atoms with E-state index in [-0.39, 0.29) is 10.8 Å². The zero-order valence-electron chi connectivity index (χ0n) is 16.0. The van der Waals surface area contributed by atoms with Crippen LogP contribution in [0, 0.1) is 0 Å². The van der Waals surface area contributed by atoms with Gasteiger partial charge in [0.15, 0.2) is 5.82 Å². The highest BCUT2D eigenvalue weighted by atomic mass is 32.2. The van der Waals surface area contributed by atoms with Crippen LogP contribution in [0.1, 0.15) is 69.8 Å². The van der Waals surface area contributed by atoms with Gasteiger partial charge in [-0.2, -0.15) is 4.98 Å². The molecule has 1 aromatic heterocycles. The average Bonchev–Trinajstić information content (AvgIpc) is 3.10. The van der Waals surface area contributed by atoms with Crippen molar-refractivity contribution in [1.29, 1.82) is 0 Å². The molecule has 1 saturated heterocycles. The van der Waals surface area contributed by atoms with Crippen molar-refractivity contribution in [3.8, 4) is 0 Å². The van der Waals surface area contributed by atoms with Crippen LogP contribution in [-0.2, 0) is 23.8 Å². The Morgan fingerprint density at radius 1 is 1.19 bits per heavy atom. The van der Waals surface area contributed by atoms with E-state index in [0.717, 1.165) is 50.9 Å². The number of aryl methyl sites for hydroxylation is 2. The molecule has 1 aliphatic heterocycles. The second kappa shape index (κ2) is 8.44. The zero-order chi connectivity index (χ0) is 18.6.